The van der Waals surface area contributed by atoms with Crippen molar-refractivity contribution in [1.29, 1.82) is 0 Å². The summed E-state index contributed by atoms with van der Waals surface area (Å²) in [5.41, 5.74) is 2.14. The Morgan fingerprint density at radius 3 is 2.14 bits per heavy atom. The molecule has 0 saturated heterocycles. The van der Waals surface area contributed by atoms with Gasteiger partial charge in [0.15, 0.2) is 0 Å². The number of benzene rings is 2. The van der Waals surface area contributed by atoms with Crippen LogP contribution >= 0.6 is 0 Å². The van der Waals surface area contributed by atoms with Gasteiger partial charge in [-0.2, -0.15) is 0 Å². The van der Waals surface area contributed by atoms with Gasteiger partial charge in [0, 0.05) is 26.5 Å². The minimum Gasteiger partial charge on any atom is -0.444 e. The van der Waals surface area contributed by atoms with Gasteiger partial charge >= 0.3 is 6.09 Å². The van der Waals surface area contributed by atoms with E-state index in [0.29, 0.717) is 72.3 Å². The second-order valence-corrected chi connectivity index (χ2v) is 13.4. The lowest BCUT2D eigenvalue weighted by Crippen LogP contribution is -2.47. The number of carbonyl (C=O) groups excluding carboxylic acids is 2. The molecular weight excluding hydrogens is 656 g/mol. The maximum atomic E-state index is 13.9. The number of aliphatic hydroxyl groups is 2. The molecule has 0 fully saturated rings. The number of rotatable bonds is 24. The third-order valence-electron chi connectivity index (χ3n) is 8.17. The second-order valence-electron chi connectivity index (χ2n) is 13.4. The smallest absolute Gasteiger partial charge is 0.407 e. The summed E-state index contributed by atoms with van der Waals surface area (Å²) in [6.07, 6.45) is 2.21. The molecule has 0 radical (unpaired) electrons. The van der Waals surface area contributed by atoms with Gasteiger partial charge in [0.25, 0.3) is 0 Å². The number of carbonyl (C=O) groups is 2. The number of methoxy groups -OCH3 is 1. The lowest BCUT2D eigenvalue weighted by molar-refractivity contribution is -0.136. The Balaban J connectivity index is 1.52. The number of hydrogen-bond acceptors (Lipinski definition) is 10. The van der Waals surface area contributed by atoms with E-state index in [2.05, 4.69) is 5.32 Å². The quantitative estimate of drug-likeness (QED) is 0.108. The lowest BCUT2D eigenvalue weighted by Gasteiger charge is -2.32. The molecule has 284 valence electrons. The zero-order chi connectivity index (χ0) is 36.9. The number of nitrogens with zero attached hydrogens (tertiary/aromatic N) is 1. The van der Waals surface area contributed by atoms with Crippen LogP contribution in [0.25, 0.3) is 0 Å². The van der Waals surface area contributed by atoms with Crippen LogP contribution in [0.3, 0.4) is 0 Å². The van der Waals surface area contributed by atoms with Crippen molar-refractivity contribution in [2.75, 3.05) is 73.1 Å². The first-order valence-corrected chi connectivity index (χ1v) is 17.8. The van der Waals surface area contributed by atoms with Gasteiger partial charge in [0.1, 0.15) is 5.60 Å². The number of ether oxygens (including phenoxy) is 6. The van der Waals surface area contributed by atoms with Crippen molar-refractivity contribution >= 4 is 12.0 Å². The largest absolute Gasteiger partial charge is 0.444 e. The average molecular weight is 715 g/mol. The molecule has 0 spiro atoms. The van der Waals surface area contributed by atoms with Crippen molar-refractivity contribution in [2.24, 2.45) is 0 Å². The topological polar surface area (TPSA) is 145 Å². The highest BCUT2D eigenvalue weighted by Crippen LogP contribution is 2.36. The molecule has 0 saturated carbocycles. The Morgan fingerprint density at radius 2 is 1.49 bits per heavy atom. The predicted molar refractivity (Wildman–Crippen MR) is 193 cm³/mol. The number of aliphatic hydroxyl groups excluding tert-OH is 2. The molecule has 3 rings (SSSR count). The zero-order valence-corrected chi connectivity index (χ0v) is 30.7. The van der Waals surface area contributed by atoms with E-state index in [0.717, 1.165) is 16.7 Å². The van der Waals surface area contributed by atoms with E-state index in [4.69, 9.17) is 28.4 Å². The molecule has 0 aromatic heterocycles. The molecular formula is C39H58N2O10. The molecule has 0 heterocycles. The van der Waals surface area contributed by atoms with Gasteiger partial charge in [0.05, 0.1) is 83.8 Å². The maximum Gasteiger partial charge on any atom is 0.407 e. The highest BCUT2D eigenvalue weighted by molar-refractivity contribution is 5.77. The van der Waals surface area contributed by atoms with E-state index < -0.39 is 36.0 Å². The number of amides is 2. The van der Waals surface area contributed by atoms with Crippen LogP contribution in [-0.2, 0) is 46.1 Å². The van der Waals surface area contributed by atoms with E-state index in [-0.39, 0.29) is 25.3 Å². The Hall–Kier alpha value is -3.36. The summed E-state index contributed by atoms with van der Waals surface area (Å²) in [6.45, 7) is 9.78. The monoisotopic (exact) mass is 714 g/mol. The molecule has 0 bridgehead atoms. The third-order valence-corrected chi connectivity index (χ3v) is 8.17. The van der Waals surface area contributed by atoms with Crippen LogP contribution in [0.1, 0.15) is 56.3 Å². The molecule has 2 aromatic carbocycles. The molecule has 1 aliphatic rings. The van der Waals surface area contributed by atoms with Crippen molar-refractivity contribution in [3.8, 4) is 0 Å². The Bertz CT molecular complexity index is 1300. The van der Waals surface area contributed by atoms with Crippen molar-refractivity contribution in [1.82, 2.24) is 10.2 Å². The molecule has 51 heavy (non-hydrogen) atoms. The standard InChI is InChI=1S/C39H58N2O10/c1-39(2,3)51-38(45)40-33(28-30-12-6-5-7-13-30)34(42)16-17-36(44)41(37-32-15-9-8-14-31(32)29-35(37)43)18-10-11-19-47-22-23-49-26-27-50-25-24-48-21-20-46-4/h5-15,33-35,37,42-43H,16-29H2,1-4H3,(H,40,45)/t33-,34-,35+,37-/m0/s1. The molecule has 12 nitrogen and oxygen atoms in total. The van der Waals surface area contributed by atoms with Gasteiger partial charge in [-0.15, -0.1) is 0 Å². The van der Waals surface area contributed by atoms with Gasteiger partial charge in [-0.3, -0.25) is 4.79 Å². The van der Waals surface area contributed by atoms with E-state index in [1.165, 1.54) is 0 Å². The van der Waals surface area contributed by atoms with Gasteiger partial charge in [-0.25, -0.2) is 4.79 Å². The molecule has 12 heteroatoms. The van der Waals surface area contributed by atoms with Crippen molar-refractivity contribution in [2.45, 2.75) is 76.3 Å². The minimum absolute atomic E-state index is 0.0140. The first-order chi connectivity index (χ1) is 24.6. The Morgan fingerprint density at radius 1 is 0.882 bits per heavy atom. The number of alkyl carbamates (subject to hydrolysis) is 1. The molecule has 0 aliphatic heterocycles. The predicted octanol–water partition coefficient (Wildman–Crippen LogP) is 4.02. The van der Waals surface area contributed by atoms with Crippen molar-refractivity contribution in [3.63, 3.8) is 0 Å². The average Bonchev–Trinajstić information content (AvgIpc) is 3.43. The first kappa shape index (κ1) is 42.1. The highest BCUT2D eigenvalue weighted by atomic mass is 16.6. The maximum absolute atomic E-state index is 13.9. The van der Waals surface area contributed by atoms with Crippen LogP contribution in [0.4, 0.5) is 4.79 Å². The van der Waals surface area contributed by atoms with E-state index in [1.807, 2.05) is 66.7 Å². The van der Waals surface area contributed by atoms with Crippen LogP contribution in [0, 0.1) is 0 Å². The van der Waals surface area contributed by atoms with E-state index in [9.17, 15) is 19.8 Å². The molecule has 0 unspecified atom stereocenters. The normalized spacial score (nSPS) is 16.9. The summed E-state index contributed by atoms with van der Waals surface area (Å²) in [4.78, 5) is 28.2. The first-order valence-electron chi connectivity index (χ1n) is 17.8. The fourth-order valence-corrected chi connectivity index (χ4v) is 5.73. The summed E-state index contributed by atoms with van der Waals surface area (Å²) in [7, 11) is 1.63. The van der Waals surface area contributed by atoms with Gasteiger partial charge in [-0.1, -0.05) is 66.7 Å². The zero-order valence-electron chi connectivity index (χ0n) is 30.7. The van der Waals surface area contributed by atoms with E-state index >= 15 is 0 Å². The molecule has 3 N–H and O–H groups in total. The summed E-state index contributed by atoms with van der Waals surface area (Å²) in [5.74, 6) is -0.215. The van der Waals surface area contributed by atoms with Gasteiger partial charge in [-0.05, 0) is 50.3 Å². The van der Waals surface area contributed by atoms with Crippen molar-refractivity contribution < 1.29 is 48.2 Å². The van der Waals surface area contributed by atoms with Crippen LogP contribution < -0.4 is 5.32 Å². The molecule has 1 aliphatic carbocycles. The van der Waals surface area contributed by atoms with Crippen LogP contribution in [0.2, 0.25) is 0 Å². The van der Waals surface area contributed by atoms with E-state index in [1.54, 1.807) is 32.8 Å². The Kier molecular flexibility index (Phi) is 19.2. The molecule has 4 atom stereocenters. The molecule has 2 amide bonds. The van der Waals surface area contributed by atoms with Crippen LogP contribution in [0.5, 0.6) is 0 Å². The number of nitrogens with one attached hydrogen (secondary N) is 1. The highest BCUT2D eigenvalue weighted by Gasteiger charge is 2.37. The van der Waals surface area contributed by atoms with Crippen LogP contribution in [-0.4, -0.2) is 124 Å². The fraction of sp³-hybridized carbons (Fsp3) is 0.590. The lowest BCUT2D eigenvalue weighted by atomic mass is 9.97. The second kappa shape index (κ2) is 23.3. The minimum atomic E-state index is -1.03. The van der Waals surface area contributed by atoms with Crippen molar-refractivity contribution in [3.05, 3.63) is 83.4 Å². The van der Waals surface area contributed by atoms with Gasteiger partial charge < -0.3 is 48.9 Å². The number of hydrogen-bond donors (Lipinski definition) is 3. The van der Waals surface area contributed by atoms with Gasteiger partial charge in [0.2, 0.25) is 5.91 Å². The SMILES string of the molecule is COCCOCCOCCOCCOCC=CCN(C(=O)CC[C@H](O)[C@H](Cc1ccccc1)NC(=O)OC(C)(C)C)[C@H]1c2ccccc2C[C@H]1O. The summed E-state index contributed by atoms with van der Waals surface area (Å²) < 4.78 is 32.4. The molecule has 2 aromatic rings. The summed E-state index contributed by atoms with van der Waals surface area (Å²) in [5, 5.41) is 25.2. The summed E-state index contributed by atoms with van der Waals surface area (Å²) >= 11 is 0. The Labute approximate surface area is 303 Å². The van der Waals surface area contributed by atoms with Crippen LogP contribution in [0.15, 0.2) is 66.7 Å². The number of fused-ring (bicyclic) bond motifs is 1. The third kappa shape index (κ3) is 16.2. The summed E-state index contributed by atoms with van der Waals surface area (Å²) in [6, 6.07) is 16.1. The fourth-order valence-electron chi connectivity index (χ4n) is 5.73.